The van der Waals surface area contributed by atoms with Gasteiger partial charge in [-0.1, -0.05) is 12.1 Å². The summed E-state index contributed by atoms with van der Waals surface area (Å²) in [7, 11) is 2.84. The van der Waals surface area contributed by atoms with Crippen molar-refractivity contribution in [2.75, 3.05) is 19.5 Å². The van der Waals surface area contributed by atoms with E-state index in [0.29, 0.717) is 34.7 Å². The highest BCUT2D eigenvalue weighted by Crippen LogP contribution is 2.29. The number of rotatable bonds is 7. The Kier molecular flexibility index (Phi) is 6.52. The van der Waals surface area contributed by atoms with Gasteiger partial charge in [-0.25, -0.2) is 9.78 Å². The minimum atomic E-state index is -1.43. The molecule has 3 N–H and O–H groups in total. The molecule has 0 fully saturated rings. The second-order valence-electron chi connectivity index (χ2n) is 6.21. The molecule has 0 aliphatic rings. The topological polar surface area (TPSA) is 105 Å². The number of benzene rings is 1. The molecule has 2 aromatic rings. The maximum absolute atomic E-state index is 11.8. The van der Waals surface area contributed by atoms with E-state index < -0.39 is 12.1 Å². The van der Waals surface area contributed by atoms with E-state index in [1.165, 1.54) is 7.11 Å². The summed E-state index contributed by atoms with van der Waals surface area (Å²) in [5, 5.41) is 21.7. The number of hydrogen-bond acceptors (Lipinski definition) is 7. The molecule has 0 saturated heterocycles. The average Bonchev–Trinajstić information content (AvgIpc) is 2.65. The van der Waals surface area contributed by atoms with E-state index in [0.717, 1.165) is 11.3 Å². The van der Waals surface area contributed by atoms with Crippen LogP contribution in [0.1, 0.15) is 41.0 Å². The van der Waals surface area contributed by atoms with Crippen LogP contribution in [0.25, 0.3) is 0 Å². The van der Waals surface area contributed by atoms with Gasteiger partial charge in [-0.2, -0.15) is 0 Å². The molecule has 7 heteroatoms. The summed E-state index contributed by atoms with van der Waals surface area (Å²) in [5.41, 5.74) is 3.39. The molecule has 1 heterocycles. The number of ether oxygens (including phenoxy) is 2. The van der Waals surface area contributed by atoms with E-state index in [-0.39, 0.29) is 5.71 Å². The molecule has 1 atom stereocenters. The highest BCUT2D eigenvalue weighted by molar-refractivity contribution is 6.02. The van der Waals surface area contributed by atoms with Crippen LogP contribution in [0.4, 0.5) is 5.82 Å². The number of methoxy groups -OCH3 is 2. The molecule has 0 spiro atoms. The third-order valence-corrected chi connectivity index (χ3v) is 4.38. The number of aromatic nitrogens is 1. The highest BCUT2D eigenvalue weighted by Gasteiger charge is 2.26. The third kappa shape index (κ3) is 4.43. The zero-order valence-corrected chi connectivity index (χ0v) is 16.2. The fourth-order valence-electron chi connectivity index (χ4n) is 3.02. The quantitative estimate of drug-likeness (QED) is 0.511. The van der Waals surface area contributed by atoms with Gasteiger partial charge in [0.15, 0.2) is 6.10 Å². The van der Waals surface area contributed by atoms with Gasteiger partial charge in [-0.05, 0) is 44.0 Å². The lowest BCUT2D eigenvalue weighted by Gasteiger charge is -2.20. The van der Waals surface area contributed by atoms with Gasteiger partial charge in [-0.15, -0.1) is 0 Å². The Hall–Kier alpha value is -2.93. The van der Waals surface area contributed by atoms with Crippen LogP contribution in [-0.4, -0.2) is 36.0 Å². The van der Waals surface area contributed by atoms with Crippen molar-refractivity contribution in [2.24, 2.45) is 0 Å². The Morgan fingerprint density at radius 3 is 2.41 bits per heavy atom. The van der Waals surface area contributed by atoms with Crippen molar-refractivity contribution < 1.29 is 19.4 Å². The van der Waals surface area contributed by atoms with Gasteiger partial charge in [-0.3, -0.25) is 0 Å². The summed E-state index contributed by atoms with van der Waals surface area (Å²) in [6, 6.07) is 7.63. The Morgan fingerprint density at radius 1 is 1.26 bits per heavy atom. The summed E-state index contributed by atoms with van der Waals surface area (Å²) >= 11 is 0. The number of anilines is 1. The number of aliphatic hydroxyl groups excluding tert-OH is 1. The van der Waals surface area contributed by atoms with Crippen molar-refractivity contribution in [2.45, 2.75) is 33.4 Å². The lowest BCUT2D eigenvalue weighted by molar-refractivity contribution is -0.150. The molecule has 0 bridgehead atoms. The summed E-state index contributed by atoms with van der Waals surface area (Å²) in [6.45, 7) is 5.64. The van der Waals surface area contributed by atoms with Crippen LogP contribution in [0.2, 0.25) is 0 Å². The molecule has 2 rings (SSSR count). The highest BCUT2D eigenvalue weighted by atomic mass is 16.5. The summed E-state index contributed by atoms with van der Waals surface area (Å²) in [4.78, 5) is 16.3. The molecule has 0 aliphatic carbocycles. The monoisotopic (exact) mass is 371 g/mol. The number of esters is 1. The second kappa shape index (κ2) is 8.64. The molecule has 1 aromatic heterocycles. The second-order valence-corrected chi connectivity index (χ2v) is 6.21. The maximum Gasteiger partial charge on any atom is 0.339 e. The molecule has 7 nitrogen and oxygen atoms in total. The minimum absolute atomic E-state index is 0.288. The molecule has 0 amide bonds. The fourth-order valence-corrected chi connectivity index (χ4v) is 3.02. The van der Waals surface area contributed by atoms with E-state index in [9.17, 15) is 9.90 Å². The number of aliphatic hydroxyl groups is 1. The van der Waals surface area contributed by atoms with Gasteiger partial charge in [0.05, 0.1) is 14.2 Å². The number of pyridine rings is 1. The average molecular weight is 371 g/mol. The van der Waals surface area contributed by atoms with Gasteiger partial charge < -0.3 is 25.3 Å². The van der Waals surface area contributed by atoms with Crippen LogP contribution >= 0.6 is 0 Å². The predicted octanol–water partition coefficient (Wildman–Crippen LogP) is 2.91. The van der Waals surface area contributed by atoms with Gasteiger partial charge in [0.25, 0.3) is 0 Å². The van der Waals surface area contributed by atoms with Crippen molar-refractivity contribution in [3.8, 4) is 5.75 Å². The summed E-state index contributed by atoms with van der Waals surface area (Å²) < 4.78 is 9.79. The first-order valence-corrected chi connectivity index (χ1v) is 8.49. The summed E-state index contributed by atoms with van der Waals surface area (Å²) in [6.07, 6.45) is -1.43. The number of aryl methyl sites for hydroxylation is 1. The Balaban J connectivity index is 2.38. The number of nitrogens with one attached hydrogen (secondary N) is 2. The SMILES string of the molecule is COC(=O)C(O)c1c(C)nc(NCc2ccc(OC)cc2)c(C(C)=N)c1C. The predicted molar refractivity (Wildman–Crippen MR) is 104 cm³/mol. The largest absolute Gasteiger partial charge is 0.497 e. The Bertz CT molecular complexity index is 847. The van der Waals surface area contributed by atoms with Crippen molar-refractivity contribution in [3.05, 3.63) is 52.2 Å². The van der Waals surface area contributed by atoms with Gasteiger partial charge >= 0.3 is 5.97 Å². The third-order valence-electron chi connectivity index (χ3n) is 4.38. The Morgan fingerprint density at radius 2 is 1.89 bits per heavy atom. The standard InChI is InChI=1S/C20H25N3O4/c1-11-16(12(2)21)19(22-10-14-6-8-15(26-4)9-7-14)23-13(3)17(11)18(24)20(25)27-5/h6-9,18,21,24H,10H2,1-5H3,(H,22,23). The van der Waals surface area contributed by atoms with Crippen LogP contribution in [0.15, 0.2) is 24.3 Å². The van der Waals surface area contributed by atoms with Crippen LogP contribution in [0, 0.1) is 19.3 Å². The minimum Gasteiger partial charge on any atom is -0.497 e. The first kappa shape index (κ1) is 20.4. The van der Waals surface area contributed by atoms with Crippen molar-refractivity contribution in [1.82, 2.24) is 4.98 Å². The van der Waals surface area contributed by atoms with Crippen molar-refractivity contribution >= 4 is 17.5 Å². The molecule has 144 valence electrons. The molecular weight excluding hydrogens is 346 g/mol. The number of hydrogen-bond donors (Lipinski definition) is 3. The van der Waals surface area contributed by atoms with E-state index in [1.54, 1.807) is 27.9 Å². The molecule has 0 aliphatic heterocycles. The number of carbonyl (C=O) groups excluding carboxylic acids is 1. The van der Waals surface area contributed by atoms with Crippen molar-refractivity contribution in [3.63, 3.8) is 0 Å². The molecular formula is C20H25N3O4. The smallest absolute Gasteiger partial charge is 0.339 e. The zero-order valence-electron chi connectivity index (χ0n) is 16.2. The zero-order chi connectivity index (χ0) is 20.1. The van der Waals surface area contributed by atoms with E-state index >= 15 is 0 Å². The number of nitrogens with zero attached hydrogens (tertiary/aromatic N) is 1. The van der Waals surface area contributed by atoms with Crippen molar-refractivity contribution in [1.29, 1.82) is 5.41 Å². The fraction of sp³-hybridized carbons (Fsp3) is 0.350. The lowest BCUT2D eigenvalue weighted by Crippen LogP contribution is -2.20. The van der Waals surface area contributed by atoms with Crippen LogP contribution in [0.5, 0.6) is 5.75 Å². The first-order chi connectivity index (χ1) is 12.8. The first-order valence-electron chi connectivity index (χ1n) is 8.49. The van der Waals surface area contributed by atoms with E-state index in [4.69, 9.17) is 10.1 Å². The van der Waals surface area contributed by atoms with Gasteiger partial charge in [0.2, 0.25) is 0 Å². The van der Waals surface area contributed by atoms with Gasteiger partial charge in [0, 0.05) is 29.1 Å². The number of carbonyl (C=O) groups is 1. The molecule has 0 radical (unpaired) electrons. The molecule has 0 saturated carbocycles. The maximum atomic E-state index is 11.8. The van der Waals surface area contributed by atoms with Crippen LogP contribution in [0.3, 0.4) is 0 Å². The van der Waals surface area contributed by atoms with Crippen LogP contribution < -0.4 is 10.1 Å². The normalized spacial score (nSPS) is 11.6. The van der Waals surface area contributed by atoms with E-state index in [2.05, 4.69) is 15.0 Å². The lowest BCUT2D eigenvalue weighted by atomic mass is 9.95. The molecule has 1 unspecified atom stereocenters. The summed E-state index contributed by atoms with van der Waals surface area (Å²) in [5.74, 6) is 0.561. The van der Waals surface area contributed by atoms with Gasteiger partial charge in [0.1, 0.15) is 11.6 Å². The van der Waals surface area contributed by atoms with E-state index in [1.807, 2.05) is 24.3 Å². The molecule has 27 heavy (non-hydrogen) atoms. The van der Waals surface area contributed by atoms with Crippen LogP contribution in [-0.2, 0) is 16.1 Å². The Labute approximate surface area is 158 Å². The molecule has 1 aromatic carbocycles.